The SMILES string of the molecule is CCc1ccc(N2C[C@H](C(=O)NNC(=O)c3oc4ccccc4c3C)CC2=O)cc1. The number of hydrogen-bond donors (Lipinski definition) is 2. The predicted octanol–water partition coefficient (Wildman–Crippen LogP) is 3.12. The second-order valence-electron chi connectivity index (χ2n) is 7.42. The van der Waals surface area contributed by atoms with E-state index in [4.69, 9.17) is 4.42 Å². The van der Waals surface area contributed by atoms with Gasteiger partial charge in [0.2, 0.25) is 11.8 Å². The minimum absolute atomic E-state index is 0.0981. The molecule has 1 aliphatic heterocycles. The van der Waals surface area contributed by atoms with Gasteiger partial charge >= 0.3 is 5.91 Å². The van der Waals surface area contributed by atoms with Crippen LogP contribution in [-0.2, 0) is 16.0 Å². The van der Waals surface area contributed by atoms with E-state index in [2.05, 4.69) is 17.8 Å². The molecule has 2 aromatic carbocycles. The summed E-state index contributed by atoms with van der Waals surface area (Å²) in [6.45, 7) is 4.13. The van der Waals surface area contributed by atoms with Gasteiger partial charge in [-0.15, -0.1) is 0 Å². The minimum atomic E-state index is -0.541. The largest absolute Gasteiger partial charge is 0.451 e. The van der Waals surface area contributed by atoms with Gasteiger partial charge in [-0.05, 0) is 37.1 Å². The van der Waals surface area contributed by atoms with E-state index in [9.17, 15) is 14.4 Å². The summed E-state index contributed by atoms with van der Waals surface area (Å²) in [6.07, 6.45) is 1.02. The molecule has 0 aliphatic carbocycles. The van der Waals surface area contributed by atoms with Crippen molar-refractivity contribution >= 4 is 34.4 Å². The molecule has 1 aliphatic rings. The molecule has 1 saturated heterocycles. The van der Waals surface area contributed by atoms with Crippen LogP contribution in [0.25, 0.3) is 11.0 Å². The topological polar surface area (TPSA) is 91.7 Å². The highest BCUT2D eigenvalue weighted by Crippen LogP contribution is 2.26. The van der Waals surface area contributed by atoms with Crippen molar-refractivity contribution in [3.8, 4) is 0 Å². The summed E-state index contributed by atoms with van der Waals surface area (Å²) in [5.41, 5.74) is 8.10. The number of hydrogen-bond acceptors (Lipinski definition) is 4. The molecule has 30 heavy (non-hydrogen) atoms. The Balaban J connectivity index is 1.38. The molecule has 3 amide bonds. The molecule has 1 atom stereocenters. The molecule has 7 heteroatoms. The number of nitrogens with zero attached hydrogens (tertiary/aromatic N) is 1. The van der Waals surface area contributed by atoms with Gasteiger partial charge in [-0.2, -0.15) is 0 Å². The number of carbonyl (C=O) groups excluding carboxylic acids is 3. The van der Waals surface area contributed by atoms with Gasteiger partial charge in [-0.3, -0.25) is 25.2 Å². The highest BCUT2D eigenvalue weighted by Gasteiger charge is 2.35. The molecule has 0 saturated carbocycles. The van der Waals surface area contributed by atoms with Gasteiger partial charge in [0.25, 0.3) is 0 Å². The van der Waals surface area contributed by atoms with Crippen molar-refractivity contribution in [1.29, 1.82) is 0 Å². The van der Waals surface area contributed by atoms with Gasteiger partial charge < -0.3 is 9.32 Å². The lowest BCUT2D eigenvalue weighted by molar-refractivity contribution is -0.126. The quantitative estimate of drug-likeness (QED) is 0.653. The van der Waals surface area contributed by atoms with Gasteiger partial charge in [0.15, 0.2) is 5.76 Å². The van der Waals surface area contributed by atoms with Crippen molar-refractivity contribution in [2.75, 3.05) is 11.4 Å². The Kier molecular flexibility index (Phi) is 5.27. The molecule has 0 bridgehead atoms. The number of fused-ring (bicyclic) bond motifs is 1. The van der Waals surface area contributed by atoms with Crippen LogP contribution in [0.2, 0.25) is 0 Å². The van der Waals surface area contributed by atoms with Gasteiger partial charge in [-0.1, -0.05) is 37.3 Å². The molecular formula is C23H23N3O4. The maximum absolute atomic E-state index is 12.5. The molecule has 1 fully saturated rings. The Hall–Kier alpha value is -3.61. The molecule has 0 unspecified atom stereocenters. The van der Waals surface area contributed by atoms with Crippen molar-refractivity contribution in [2.24, 2.45) is 5.92 Å². The Bertz CT molecular complexity index is 1120. The number of nitrogens with one attached hydrogen (secondary N) is 2. The lowest BCUT2D eigenvalue weighted by atomic mass is 10.1. The van der Waals surface area contributed by atoms with E-state index in [0.717, 1.165) is 17.5 Å². The molecule has 0 spiro atoms. The summed E-state index contributed by atoms with van der Waals surface area (Å²) < 4.78 is 5.60. The van der Waals surface area contributed by atoms with E-state index < -0.39 is 17.7 Å². The van der Waals surface area contributed by atoms with Crippen LogP contribution in [0.4, 0.5) is 5.69 Å². The molecule has 2 heterocycles. The van der Waals surface area contributed by atoms with Crippen molar-refractivity contribution in [3.63, 3.8) is 0 Å². The number of carbonyl (C=O) groups is 3. The van der Waals surface area contributed by atoms with Crippen LogP contribution in [0.3, 0.4) is 0 Å². The maximum atomic E-state index is 12.5. The zero-order chi connectivity index (χ0) is 21.3. The number of para-hydroxylation sites is 1. The third kappa shape index (κ3) is 3.66. The fourth-order valence-electron chi connectivity index (χ4n) is 3.71. The third-order valence-electron chi connectivity index (χ3n) is 5.50. The van der Waals surface area contributed by atoms with E-state index in [1.165, 1.54) is 5.56 Å². The number of furan rings is 1. The monoisotopic (exact) mass is 405 g/mol. The summed E-state index contributed by atoms with van der Waals surface area (Å²) in [5.74, 6) is -1.44. The zero-order valence-electron chi connectivity index (χ0n) is 16.9. The number of hydrazine groups is 1. The second-order valence-corrected chi connectivity index (χ2v) is 7.42. The van der Waals surface area contributed by atoms with Crippen molar-refractivity contribution < 1.29 is 18.8 Å². The first-order valence-corrected chi connectivity index (χ1v) is 9.95. The molecule has 3 aromatic rings. The molecule has 0 radical (unpaired) electrons. The first-order valence-electron chi connectivity index (χ1n) is 9.95. The summed E-state index contributed by atoms with van der Waals surface area (Å²) in [7, 11) is 0. The molecule has 1 aromatic heterocycles. The van der Waals surface area contributed by atoms with Crippen LogP contribution in [-0.4, -0.2) is 24.3 Å². The van der Waals surface area contributed by atoms with Crippen molar-refractivity contribution in [3.05, 3.63) is 65.4 Å². The molecule has 2 N–H and O–H groups in total. The Morgan fingerprint density at radius 3 is 2.53 bits per heavy atom. The van der Waals surface area contributed by atoms with E-state index in [1.807, 2.05) is 42.5 Å². The maximum Gasteiger partial charge on any atom is 0.305 e. The molecule has 154 valence electrons. The summed E-state index contributed by atoms with van der Waals surface area (Å²) in [5, 5.41) is 0.847. The molecule has 4 rings (SSSR count). The Morgan fingerprint density at radius 2 is 1.83 bits per heavy atom. The summed E-state index contributed by atoms with van der Waals surface area (Å²) in [4.78, 5) is 39.0. The van der Waals surface area contributed by atoms with Crippen LogP contribution >= 0.6 is 0 Å². The summed E-state index contributed by atoms with van der Waals surface area (Å²) in [6, 6.07) is 15.1. The lowest BCUT2D eigenvalue weighted by Crippen LogP contribution is -2.45. The highest BCUT2D eigenvalue weighted by atomic mass is 16.3. The van der Waals surface area contributed by atoms with Crippen LogP contribution < -0.4 is 15.8 Å². The standard InChI is InChI=1S/C23H23N3O4/c1-3-15-8-10-17(11-9-15)26-13-16(12-20(26)27)22(28)24-25-23(29)21-14(2)18-6-4-5-7-19(18)30-21/h4-11,16H,3,12-13H2,1-2H3,(H,24,28)(H,25,29)/t16-/m1/s1. The van der Waals surface area contributed by atoms with Crippen molar-refractivity contribution in [1.82, 2.24) is 10.9 Å². The van der Waals surface area contributed by atoms with Gasteiger partial charge in [0, 0.05) is 29.6 Å². The third-order valence-corrected chi connectivity index (χ3v) is 5.50. The van der Waals surface area contributed by atoms with E-state index >= 15 is 0 Å². The zero-order valence-corrected chi connectivity index (χ0v) is 16.9. The minimum Gasteiger partial charge on any atom is -0.451 e. The fraction of sp³-hybridized carbons (Fsp3) is 0.261. The van der Waals surface area contributed by atoms with Gasteiger partial charge in [0.1, 0.15) is 5.58 Å². The van der Waals surface area contributed by atoms with E-state index in [0.29, 0.717) is 11.1 Å². The fourth-order valence-corrected chi connectivity index (χ4v) is 3.71. The van der Waals surface area contributed by atoms with Crippen LogP contribution in [0.15, 0.2) is 52.9 Å². The number of aryl methyl sites for hydroxylation is 2. The number of rotatable bonds is 4. The summed E-state index contributed by atoms with van der Waals surface area (Å²) >= 11 is 0. The van der Waals surface area contributed by atoms with Crippen LogP contribution in [0, 0.1) is 12.8 Å². The van der Waals surface area contributed by atoms with Gasteiger partial charge in [0.05, 0.1) is 5.92 Å². The van der Waals surface area contributed by atoms with Gasteiger partial charge in [-0.25, -0.2) is 0 Å². The molecular weight excluding hydrogens is 382 g/mol. The Labute approximate surface area is 174 Å². The smallest absolute Gasteiger partial charge is 0.305 e. The van der Waals surface area contributed by atoms with E-state index in [-0.39, 0.29) is 24.6 Å². The first-order chi connectivity index (χ1) is 14.5. The Morgan fingerprint density at radius 1 is 1.10 bits per heavy atom. The van der Waals surface area contributed by atoms with E-state index in [1.54, 1.807) is 17.9 Å². The average Bonchev–Trinajstić information content (AvgIpc) is 3.32. The highest BCUT2D eigenvalue weighted by molar-refractivity contribution is 6.02. The second kappa shape index (κ2) is 8.02. The number of amides is 3. The van der Waals surface area contributed by atoms with Crippen molar-refractivity contribution in [2.45, 2.75) is 26.7 Å². The number of benzene rings is 2. The van der Waals surface area contributed by atoms with Crippen LogP contribution in [0.1, 0.15) is 35.0 Å². The average molecular weight is 405 g/mol. The first kappa shape index (κ1) is 19.7. The number of anilines is 1. The normalized spacial score (nSPS) is 16.1. The molecule has 7 nitrogen and oxygen atoms in total. The van der Waals surface area contributed by atoms with Crippen LogP contribution in [0.5, 0.6) is 0 Å². The predicted molar refractivity (Wildman–Crippen MR) is 113 cm³/mol. The lowest BCUT2D eigenvalue weighted by Gasteiger charge is -2.17.